The monoisotopic (exact) mass is 714 g/mol. The molecule has 0 spiro atoms. The van der Waals surface area contributed by atoms with Crippen molar-refractivity contribution in [3.8, 4) is 39.9 Å². The van der Waals surface area contributed by atoms with E-state index in [2.05, 4.69) is 126 Å². The van der Waals surface area contributed by atoms with Gasteiger partial charge in [0.15, 0.2) is 17.5 Å². The highest BCUT2D eigenvalue weighted by molar-refractivity contribution is 6.29. The lowest BCUT2D eigenvalue weighted by Crippen LogP contribution is -2.01. The molecule has 5 heteroatoms. The number of benzene rings is 9. The third-order valence-corrected chi connectivity index (χ3v) is 11.2. The number of aromatic nitrogens is 4. The van der Waals surface area contributed by atoms with Crippen LogP contribution in [0.5, 0.6) is 0 Å². The van der Waals surface area contributed by atoms with Crippen molar-refractivity contribution in [1.29, 1.82) is 0 Å². The van der Waals surface area contributed by atoms with Gasteiger partial charge in [0.25, 0.3) is 0 Å². The third kappa shape index (κ3) is 4.58. The number of hydrogen-bond donors (Lipinski definition) is 0. The van der Waals surface area contributed by atoms with Gasteiger partial charge in [-0.05, 0) is 56.6 Å². The maximum absolute atomic E-state index is 6.87. The minimum Gasteiger partial charge on any atom is -0.456 e. The number of nitrogens with zero attached hydrogens (tertiary/aromatic N) is 4. The molecule has 12 aromatic rings. The first-order chi connectivity index (χ1) is 27.8. The van der Waals surface area contributed by atoms with Crippen LogP contribution in [0.2, 0.25) is 0 Å². The van der Waals surface area contributed by atoms with E-state index < -0.39 is 0 Å². The normalized spacial score (nSPS) is 11.9. The molecule has 0 bridgehead atoms. The van der Waals surface area contributed by atoms with E-state index in [1.807, 2.05) is 60.7 Å². The van der Waals surface area contributed by atoms with Gasteiger partial charge in [0.2, 0.25) is 0 Å². The van der Waals surface area contributed by atoms with Crippen molar-refractivity contribution in [3.63, 3.8) is 0 Å². The van der Waals surface area contributed by atoms with Crippen LogP contribution in [0.25, 0.3) is 116 Å². The molecule has 5 nitrogen and oxygen atoms in total. The minimum absolute atomic E-state index is 0.580. The quantitative estimate of drug-likeness (QED) is 0.182. The Morgan fingerprint density at radius 1 is 0.357 bits per heavy atom. The van der Waals surface area contributed by atoms with Crippen LogP contribution in [0.3, 0.4) is 0 Å². The first-order valence-electron chi connectivity index (χ1n) is 18.9. The van der Waals surface area contributed by atoms with Crippen molar-refractivity contribution in [3.05, 3.63) is 182 Å². The van der Waals surface area contributed by atoms with E-state index in [1.165, 1.54) is 32.3 Å². The number of furan rings is 1. The topological polar surface area (TPSA) is 56.7 Å². The Morgan fingerprint density at radius 3 is 1.38 bits per heavy atom. The summed E-state index contributed by atoms with van der Waals surface area (Å²) in [4.78, 5) is 15.6. The second-order valence-electron chi connectivity index (χ2n) is 14.4. The van der Waals surface area contributed by atoms with Crippen molar-refractivity contribution in [1.82, 2.24) is 19.5 Å². The summed E-state index contributed by atoms with van der Waals surface area (Å²) in [7, 11) is 0. The fourth-order valence-electron chi connectivity index (χ4n) is 8.71. The lowest BCUT2D eigenvalue weighted by atomic mass is 9.99. The van der Waals surface area contributed by atoms with Crippen molar-refractivity contribution in [2.45, 2.75) is 0 Å². The van der Waals surface area contributed by atoms with Crippen molar-refractivity contribution >= 4 is 76.1 Å². The van der Waals surface area contributed by atoms with Gasteiger partial charge in [-0.2, -0.15) is 0 Å². The van der Waals surface area contributed by atoms with Gasteiger partial charge in [0, 0.05) is 44.3 Å². The summed E-state index contributed by atoms with van der Waals surface area (Å²) in [5.41, 5.74) is 7.50. The van der Waals surface area contributed by atoms with Gasteiger partial charge in [0.1, 0.15) is 11.2 Å². The van der Waals surface area contributed by atoms with Gasteiger partial charge in [0.05, 0.1) is 16.7 Å². The molecule has 0 fully saturated rings. The summed E-state index contributed by atoms with van der Waals surface area (Å²) < 4.78 is 9.26. The molecule has 9 aromatic carbocycles. The van der Waals surface area contributed by atoms with E-state index in [1.54, 1.807) is 0 Å². The summed E-state index contributed by atoms with van der Waals surface area (Å²) in [5.74, 6) is 1.80. The van der Waals surface area contributed by atoms with E-state index >= 15 is 0 Å². The Bertz CT molecular complexity index is 3380. The average Bonchev–Trinajstić information content (AvgIpc) is 3.83. The Morgan fingerprint density at radius 2 is 0.821 bits per heavy atom. The van der Waals surface area contributed by atoms with E-state index in [9.17, 15) is 0 Å². The predicted molar refractivity (Wildman–Crippen MR) is 230 cm³/mol. The standard InChI is InChI=1S/C51H30N4O/c1-3-16-34(17-4-1)49-52-50(35-18-5-2-6-19-35)54-51(53-49)40-29-36(30-44-48(40)47-39-22-12-9-15-33(39)25-28-43(47)56-44)55-41-26-23-31-13-7-10-20-37(31)45(41)46-38-21-11-8-14-32(38)24-27-42(46)55/h1-30H. The molecule has 0 unspecified atom stereocenters. The highest BCUT2D eigenvalue weighted by Crippen LogP contribution is 2.45. The summed E-state index contributed by atoms with van der Waals surface area (Å²) in [5, 5.41) is 11.6. The van der Waals surface area contributed by atoms with Crippen LogP contribution in [0.15, 0.2) is 186 Å². The van der Waals surface area contributed by atoms with E-state index in [-0.39, 0.29) is 0 Å². The maximum Gasteiger partial charge on any atom is 0.164 e. The van der Waals surface area contributed by atoms with Crippen molar-refractivity contribution in [2.75, 3.05) is 0 Å². The molecule has 56 heavy (non-hydrogen) atoms. The first kappa shape index (κ1) is 30.8. The fraction of sp³-hybridized carbons (Fsp3) is 0. The van der Waals surface area contributed by atoms with E-state index in [0.717, 1.165) is 66.1 Å². The van der Waals surface area contributed by atoms with Crippen LogP contribution in [-0.4, -0.2) is 19.5 Å². The lowest BCUT2D eigenvalue weighted by Gasteiger charge is -2.13. The molecular weight excluding hydrogens is 685 g/mol. The fourth-order valence-corrected chi connectivity index (χ4v) is 8.71. The third-order valence-electron chi connectivity index (χ3n) is 11.2. The zero-order valence-electron chi connectivity index (χ0n) is 30.0. The first-order valence-corrected chi connectivity index (χ1v) is 18.9. The second-order valence-corrected chi connectivity index (χ2v) is 14.4. The minimum atomic E-state index is 0.580. The number of hydrogen-bond acceptors (Lipinski definition) is 4. The Labute approximate surface area is 320 Å². The molecule has 0 aliphatic rings. The Hall–Kier alpha value is -7.63. The molecule has 0 aliphatic carbocycles. The van der Waals surface area contributed by atoms with E-state index in [0.29, 0.717) is 17.5 Å². The van der Waals surface area contributed by atoms with Crippen LogP contribution in [0, 0.1) is 0 Å². The molecule has 0 atom stereocenters. The van der Waals surface area contributed by atoms with Crippen LogP contribution >= 0.6 is 0 Å². The highest BCUT2D eigenvalue weighted by atomic mass is 16.3. The number of rotatable bonds is 4. The molecule has 0 amide bonds. The zero-order valence-corrected chi connectivity index (χ0v) is 30.0. The molecule has 0 N–H and O–H groups in total. The number of fused-ring (bicyclic) bond motifs is 12. The van der Waals surface area contributed by atoms with Crippen LogP contribution in [-0.2, 0) is 0 Å². The van der Waals surface area contributed by atoms with E-state index in [4.69, 9.17) is 19.4 Å². The largest absolute Gasteiger partial charge is 0.456 e. The molecule has 12 rings (SSSR count). The zero-order chi connectivity index (χ0) is 36.7. The average molecular weight is 715 g/mol. The van der Waals surface area contributed by atoms with Crippen LogP contribution in [0.4, 0.5) is 0 Å². The van der Waals surface area contributed by atoms with Gasteiger partial charge < -0.3 is 8.98 Å². The molecule has 0 saturated carbocycles. The summed E-state index contributed by atoms with van der Waals surface area (Å²) in [6.45, 7) is 0. The summed E-state index contributed by atoms with van der Waals surface area (Å²) in [6.07, 6.45) is 0. The SMILES string of the molecule is c1ccc(-c2nc(-c3ccccc3)nc(-c3cc(-n4c5ccc6ccccc6c5c5c6ccccc6ccc54)cc4oc5ccc6ccccc6c5c34)n2)cc1. The van der Waals surface area contributed by atoms with Gasteiger partial charge in [-0.25, -0.2) is 15.0 Å². The van der Waals surface area contributed by atoms with Crippen molar-refractivity contribution < 1.29 is 4.42 Å². The Kier molecular flexibility index (Phi) is 6.56. The van der Waals surface area contributed by atoms with Crippen molar-refractivity contribution in [2.24, 2.45) is 0 Å². The van der Waals surface area contributed by atoms with Gasteiger partial charge in [-0.15, -0.1) is 0 Å². The summed E-state index contributed by atoms with van der Waals surface area (Å²) >= 11 is 0. The predicted octanol–water partition coefficient (Wildman–Crippen LogP) is 13.3. The molecular formula is C51H30N4O. The van der Waals surface area contributed by atoms with Gasteiger partial charge in [-0.3, -0.25) is 0 Å². The van der Waals surface area contributed by atoms with Crippen LogP contribution in [0.1, 0.15) is 0 Å². The van der Waals surface area contributed by atoms with Crippen LogP contribution < -0.4 is 0 Å². The Balaban J connectivity index is 1.25. The summed E-state index contributed by atoms with van der Waals surface area (Å²) in [6, 6.07) is 63.8. The maximum atomic E-state index is 6.87. The molecule has 3 heterocycles. The second kappa shape index (κ2) is 11.9. The molecule has 260 valence electrons. The molecule has 3 aromatic heterocycles. The lowest BCUT2D eigenvalue weighted by molar-refractivity contribution is 0.669. The molecule has 0 aliphatic heterocycles. The smallest absolute Gasteiger partial charge is 0.164 e. The molecule has 0 radical (unpaired) electrons. The van der Waals surface area contributed by atoms with Gasteiger partial charge >= 0.3 is 0 Å². The molecule has 0 saturated heterocycles. The van der Waals surface area contributed by atoms with Gasteiger partial charge in [-0.1, -0.05) is 152 Å². The highest BCUT2D eigenvalue weighted by Gasteiger charge is 2.23.